The molecule has 0 fully saturated rings. The number of hydrogen-bond donors (Lipinski definition) is 2. The van der Waals surface area contributed by atoms with E-state index in [2.05, 4.69) is 31.5 Å². The first-order valence-electron chi connectivity index (χ1n) is 5.92. The number of nitrogens with zero attached hydrogens (tertiary/aromatic N) is 1. The van der Waals surface area contributed by atoms with Crippen LogP contribution in [0.15, 0.2) is 34.9 Å². The van der Waals surface area contributed by atoms with E-state index in [9.17, 15) is 4.79 Å². The number of carbonyl (C=O) groups excluding carboxylic acids is 1. The van der Waals surface area contributed by atoms with E-state index in [0.29, 0.717) is 16.4 Å². The van der Waals surface area contributed by atoms with Crippen molar-refractivity contribution in [1.29, 1.82) is 0 Å². The van der Waals surface area contributed by atoms with Crippen LogP contribution in [0.1, 0.15) is 15.9 Å². The lowest BCUT2D eigenvalue weighted by atomic mass is 10.2. The van der Waals surface area contributed by atoms with Crippen molar-refractivity contribution in [3.63, 3.8) is 0 Å². The van der Waals surface area contributed by atoms with Crippen molar-refractivity contribution in [1.82, 2.24) is 4.98 Å². The van der Waals surface area contributed by atoms with Crippen LogP contribution in [0.4, 0.5) is 11.5 Å². The van der Waals surface area contributed by atoms with Crippen LogP contribution in [0.2, 0.25) is 5.02 Å². The third-order valence-electron chi connectivity index (χ3n) is 2.80. The second-order valence-electron chi connectivity index (χ2n) is 4.21. The van der Waals surface area contributed by atoms with E-state index in [1.54, 1.807) is 13.1 Å². The minimum Gasteiger partial charge on any atom is -0.373 e. The number of anilines is 2. The van der Waals surface area contributed by atoms with Gasteiger partial charge in [-0.1, -0.05) is 33.6 Å². The van der Waals surface area contributed by atoms with Crippen molar-refractivity contribution in [2.45, 2.75) is 6.92 Å². The highest BCUT2D eigenvalue weighted by Crippen LogP contribution is 2.23. The number of benzene rings is 1. The molecule has 20 heavy (non-hydrogen) atoms. The Morgan fingerprint density at radius 1 is 1.35 bits per heavy atom. The van der Waals surface area contributed by atoms with Gasteiger partial charge in [0.2, 0.25) is 0 Å². The molecule has 0 unspecified atom stereocenters. The Morgan fingerprint density at radius 3 is 2.80 bits per heavy atom. The van der Waals surface area contributed by atoms with Gasteiger partial charge in [-0.2, -0.15) is 0 Å². The molecule has 0 spiro atoms. The van der Waals surface area contributed by atoms with Gasteiger partial charge in [0, 0.05) is 23.4 Å². The predicted molar refractivity (Wildman–Crippen MR) is 85.6 cm³/mol. The van der Waals surface area contributed by atoms with E-state index in [-0.39, 0.29) is 5.91 Å². The first-order valence-corrected chi connectivity index (χ1v) is 7.09. The highest BCUT2D eigenvalue weighted by Gasteiger charge is 2.13. The van der Waals surface area contributed by atoms with Crippen molar-refractivity contribution in [2.24, 2.45) is 0 Å². The fourth-order valence-electron chi connectivity index (χ4n) is 1.67. The van der Waals surface area contributed by atoms with Crippen LogP contribution in [-0.4, -0.2) is 17.9 Å². The van der Waals surface area contributed by atoms with E-state index in [1.165, 1.54) is 6.20 Å². The van der Waals surface area contributed by atoms with E-state index >= 15 is 0 Å². The van der Waals surface area contributed by atoms with Gasteiger partial charge < -0.3 is 10.6 Å². The molecule has 0 aliphatic heterocycles. The summed E-state index contributed by atoms with van der Waals surface area (Å²) in [6, 6.07) is 7.31. The average Bonchev–Trinajstić information content (AvgIpc) is 2.43. The van der Waals surface area contributed by atoms with Crippen molar-refractivity contribution in [3.8, 4) is 0 Å². The fourth-order valence-corrected chi connectivity index (χ4v) is 2.22. The lowest BCUT2D eigenvalue weighted by molar-refractivity contribution is 0.102. The molecule has 0 radical (unpaired) electrons. The monoisotopic (exact) mass is 353 g/mol. The normalized spacial score (nSPS) is 10.2. The molecule has 6 heteroatoms. The SMILES string of the molecule is CNc1cc(C(=O)Nc2cc(Br)ccc2C)c(Cl)cn1. The van der Waals surface area contributed by atoms with Gasteiger partial charge in [-0.15, -0.1) is 0 Å². The van der Waals surface area contributed by atoms with Crippen LogP contribution in [0, 0.1) is 6.92 Å². The molecule has 0 aliphatic rings. The maximum Gasteiger partial charge on any atom is 0.257 e. The highest BCUT2D eigenvalue weighted by molar-refractivity contribution is 9.10. The summed E-state index contributed by atoms with van der Waals surface area (Å²) in [5.41, 5.74) is 2.09. The number of aromatic nitrogens is 1. The van der Waals surface area contributed by atoms with Gasteiger partial charge in [-0.25, -0.2) is 4.98 Å². The maximum absolute atomic E-state index is 12.3. The number of carbonyl (C=O) groups is 1. The zero-order valence-electron chi connectivity index (χ0n) is 11.0. The van der Waals surface area contributed by atoms with Gasteiger partial charge in [0.05, 0.1) is 10.6 Å². The molecule has 0 saturated heterocycles. The number of hydrogen-bond acceptors (Lipinski definition) is 3. The minimum absolute atomic E-state index is 0.268. The number of nitrogens with one attached hydrogen (secondary N) is 2. The Balaban J connectivity index is 2.30. The molecule has 1 amide bonds. The molecule has 0 aliphatic carbocycles. The molecule has 0 atom stereocenters. The van der Waals surface area contributed by atoms with Gasteiger partial charge >= 0.3 is 0 Å². The Bertz CT molecular complexity index is 661. The summed E-state index contributed by atoms with van der Waals surface area (Å²) in [5, 5.41) is 6.04. The zero-order valence-corrected chi connectivity index (χ0v) is 13.3. The van der Waals surface area contributed by atoms with Crippen LogP contribution in [-0.2, 0) is 0 Å². The molecule has 1 aromatic heterocycles. The number of amides is 1. The van der Waals surface area contributed by atoms with Crippen LogP contribution >= 0.6 is 27.5 Å². The molecule has 2 rings (SSSR count). The predicted octanol–water partition coefficient (Wildman–Crippen LogP) is 4.10. The summed E-state index contributed by atoms with van der Waals surface area (Å²) < 4.78 is 0.898. The van der Waals surface area contributed by atoms with E-state index < -0.39 is 0 Å². The molecule has 1 aromatic carbocycles. The Morgan fingerprint density at radius 2 is 2.10 bits per heavy atom. The molecular weight excluding hydrogens is 342 g/mol. The van der Waals surface area contributed by atoms with Crippen LogP contribution in [0.25, 0.3) is 0 Å². The first kappa shape index (κ1) is 14.8. The van der Waals surface area contributed by atoms with Gasteiger partial charge in [0.15, 0.2) is 0 Å². The third kappa shape index (κ3) is 3.29. The average molecular weight is 355 g/mol. The number of pyridine rings is 1. The van der Waals surface area contributed by atoms with E-state index in [1.807, 2.05) is 25.1 Å². The quantitative estimate of drug-likeness (QED) is 0.872. The van der Waals surface area contributed by atoms with E-state index in [0.717, 1.165) is 15.7 Å². The van der Waals surface area contributed by atoms with E-state index in [4.69, 9.17) is 11.6 Å². The fraction of sp³-hybridized carbons (Fsp3) is 0.143. The summed E-state index contributed by atoms with van der Waals surface area (Å²) in [7, 11) is 1.73. The lowest BCUT2D eigenvalue weighted by Gasteiger charge is -2.10. The molecule has 0 bridgehead atoms. The number of halogens is 2. The second-order valence-corrected chi connectivity index (χ2v) is 5.54. The third-order valence-corrected chi connectivity index (χ3v) is 3.60. The number of aryl methyl sites for hydroxylation is 1. The van der Waals surface area contributed by atoms with Gasteiger partial charge in [-0.3, -0.25) is 4.79 Å². The Hall–Kier alpha value is -1.59. The number of rotatable bonds is 3. The topological polar surface area (TPSA) is 54.0 Å². The summed E-state index contributed by atoms with van der Waals surface area (Å²) in [6.07, 6.45) is 1.45. The van der Waals surface area contributed by atoms with Gasteiger partial charge in [0.25, 0.3) is 5.91 Å². The van der Waals surface area contributed by atoms with Gasteiger partial charge in [0.1, 0.15) is 5.82 Å². The van der Waals surface area contributed by atoms with Crippen LogP contribution in [0.3, 0.4) is 0 Å². The van der Waals surface area contributed by atoms with Gasteiger partial charge in [-0.05, 0) is 30.7 Å². The lowest BCUT2D eigenvalue weighted by Crippen LogP contribution is -2.14. The molecule has 2 N–H and O–H groups in total. The summed E-state index contributed by atoms with van der Waals surface area (Å²) in [6.45, 7) is 1.93. The van der Waals surface area contributed by atoms with Crippen LogP contribution in [0.5, 0.6) is 0 Å². The van der Waals surface area contributed by atoms with Crippen molar-refractivity contribution in [2.75, 3.05) is 17.7 Å². The Kier molecular flexibility index (Phi) is 4.62. The molecule has 0 saturated carbocycles. The summed E-state index contributed by atoms with van der Waals surface area (Å²) in [4.78, 5) is 16.3. The second kappa shape index (κ2) is 6.24. The maximum atomic E-state index is 12.3. The Labute approximate surface area is 130 Å². The molecule has 104 valence electrons. The zero-order chi connectivity index (χ0) is 14.7. The van der Waals surface area contributed by atoms with Crippen LogP contribution < -0.4 is 10.6 Å². The molecule has 2 aromatic rings. The first-order chi connectivity index (χ1) is 9.51. The minimum atomic E-state index is -0.268. The smallest absolute Gasteiger partial charge is 0.257 e. The largest absolute Gasteiger partial charge is 0.373 e. The van der Waals surface area contributed by atoms with Crippen molar-refractivity contribution < 1.29 is 4.79 Å². The van der Waals surface area contributed by atoms with Crippen molar-refractivity contribution in [3.05, 3.63) is 51.1 Å². The molecule has 1 heterocycles. The summed E-state index contributed by atoms with van der Waals surface area (Å²) in [5.74, 6) is 0.320. The summed E-state index contributed by atoms with van der Waals surface area (Å²) >= 11 is 9.41. The highest BCUT2D eigenvalue weighted by atomic mass is 79.9. The molecule has 4 nitrogen and oxygen atoms in total. The standard InChI is InChI=1S/C14H13BrClN3O/c1-8-3-4-9(15)5-12(8)19-14(20)10-6-13(17-2)18-7-11(10)16/h3-7H,1-2H3,(H,17,18)(H,19,20). The molecular formula is C14H13BrClN3O. The van der Waals surface area contributed by atoms with Crippen molar-refractivity contribution >= 4 is 44.9 Å².